The minimum absolute atomic E-state index is 0.243. The van der Waals surface area contributed by atoms with E-state index < -0.39 is 22.4 Å². The molecule has 2 N–H and O–H groups in total. The van der Waals surface area contributed by atoms with Crippen molar-refractivity contribution in [2.45, 2.75) is 64.0 Å². The van der Waals surface area contributed by atoms with E-state index in [-0.39, 0.29) is 12.5 Å². The van der Waals surface area contributed by atoms with Gasteiger partial charge in [0.25, 0.3) is 11.9 Å². The number of rotatable bonds is 6. The van der Waals surface area contributed by atoms with E-state index in [1.54, 1.807) is 13.8 Å². The molecular weight excluding hydrogens is 248 g/mol. The van der Waals surface area contributed by atoms with Gasteiger partial charge in [0.1, 0.15) is 0 Å². The highest BCUT2D eigenvalue weighted by Gasteiger charge is 2.35. The quantitative estimate of drug-likeness (QED) is 0.566. The molecule has 0 radical (unpaired) electrons. The number of carbonyl (C=O) groups is 1. The van der Waals surface area contributed by atoms with Gasteiger partial charge in [-0.2, -0.15) is 0 Å². The standard InChI is InChI=1S/C13H24N2O4/c1-13(2,9-16)14-12(17)11(15(18)19)8-10-6-4-3-5-7-10/h10-11,16H,3-9H2,1-2H3,(H,14,17). The van der Waals surface area contributed by atoms with E-state index in [1.165, 1.54) is 6.42 Å². The van der Waals surface area contributed by atoms with Gasteiger partial charge in [-0.3, -0.25) is 14.9 Å². The van der Waals surface area contributed by atoms with Gasteiger partial charge >= 0.3 is 0 Å². The van der Waals surface area contributed by atoms with Gasteiger partial charge in [-0.15, -0.1) is 0 Å². The Kier molecular flexibility index (Phi) is 5.72. The topological polar surface area (TPSA) is 92.5 Å². The van der Waals surface area contributed by atoms with Gasteiger partial charge in [0.2, 0.25) is 0 Å². The second-order valence-corrected chi connectivity index (χ2v) is 6.07. The van der Waals surface area contributed by atoms with Crippen molar-refractivity contribution in [2.75, 3.05) is 6.61 Å². The van der Waals surface area contributed by atoms with Crippen LogP contribution >= 0.6 is 0 Å². The maximum Gasteiger partial charge on any atom is 0.295 e. The summed E-state index contributed by atoms with van der Waals surface area (Å²) in [6, 6.07) is -1.20. The molecule has 1 rings (SSSR count). The molecule has 0 aliphatic heterocycles. The Bertz CT molecular complexity index is 325. The molecule has 6 nitrogen and oxygen atoms in total. The monoisotopic (exact) mass is 272 g/mol. The van der Waals surface area contributed by atoms with E-state index in [2.05, 4.69) is 5.32 Å². The van der Waals surface area contributed by atoms with Crippen LogP contribution in [-0.4, -0.2) is 34.1 Å². The smallest absolute Gasteiger partial charge is 0.295 e. The van der Waals surface area contributed by atoms with Crippen LogP contribution in [0.2, 0.25) is 0 Å². The lowest BCUT2D eigenvalue weighted by molar-refractivity contribution is -0.510. The Morgan fingerprint density at radius 2 is 2.00 bits per heavy atom. The SMILES string of the molecule is CC(C)(CO)NC(=O)C(CC1CCCCC1)[N+](=O)[O-]. The van der Waals surface area contributed by atoms with Crippen molar-refractivity contribution in [2.24, 2.45) is 5.92 Å². The van der Waals surface area contributed by atoms with E-state index in [0.29, 0.717) is 6.42 Å². The van der Waals surface area contributed by atoms with Gasteiger partial charge in [-0.05, 0) is 19.8 Å². The number of nitrogens with zero attached hydrogens (tertiary/aromatic N) is 1. The van der Waals surface area contributed by atoms with E-state index in [1.807, 2.05) is 0 Å². The number of hydrogen-bond acceptors (Lipinski definition) is 4. The number of hydrogen-bond donors (Lipinski definition) is 2. The summed E-state index contributed by atoms with van der Waals surface area (Å²) in [5.41, 5.74) is -0.822. The van der Waals surface area contributed by atoms with E-state index in [0.717, 1.165) is 25.7 Å². The van der Waals surface area contributed by atoms with Crippen LogP contribution in [0.3, 0.4) is 0 Å². The molecule has 1 unspecified atom stereocenters. The molecule has 1 amide bonds. The van der Waals surface area contributed by atoms with Crippen molar-refractivity contribution in [3.8, 4) is 0 Å². The molecule has 1 aliphatic rings. The van der Waals surface area contributed by atoms with Crippen LogP contribution in [-0.2, 0) is 4.79 Å². The molecule has 1 atom stereocenters. The van der Waals surface area contributed by atoms with Gasteiger partial charge < -0.3 is 10.4 Å². The fraction of sp³-hybridized carbons (Fsp3) is 0.923. The molecule has 0 spiro atoms. The van der Waals surface area contributed by atoms with Gasteiger partial charge in [0.05, 0.1) is 12.1 Å². The largest absolute Gasteiger partial charge is 0.394 e. The number of nitrogens with one attached hydrogen (secondary N) is 1. The Morgan fingerprint density at radius 1 is 1.42 bits per heavy atom. The summed E-state index contributed by atoms with van der Waals surface area (Å²) in [5, 5.41) is 22.7. The van der Waals surface area contributed by atoms with Crippen molar-refractivity contribution in [3.63, 3.8) is 0 Å². The Morgan fingerprint density at radius 3 is 2.47 bits per heavy atom. The first kappa shape index (κ1) is 15.9. The number of aliphatic hydroxyl groups is 1. The normalized spacial score (nSPS) is 18.9. The van der Waals surface area contributed by atoms with Crippen molar-refractivity contribution >= 4 is 5.91 Å². The molecule has 6 heteroatoms. The number of nitro groups is 1. The summed E-state index contributed by atoms with van der Waals surface area (Å²) in [5.74, 6) is -0.318. The third kappa shape index (κ3) is 5.14. The molecule has 1 saturated carbocycles. The lowest BCUT2D eigenvalue weighted by Gasteiger charge is -2.26. The average molecular weight is 272 g/mol. The third-order valence-corrected chi connectivity index (χ3v) is 3.70. The molecule has 0 aromatic carbocycles. The second-order valence-electron chi connectivity index (χ2n) is 6.07. The molecule has 0 aromatic rings. The third-order valence-electron chi connectivity index (χ3n) is 3.70. The second kappa shape index (κ2) is 6.84. The molecule has 110 valence electrons. The van der Waals surface area contributed by atoms with Crippen LogP contribution in [0, 0.1) is 16.0 Å². The zero-order valence-corrected chi connectivity index (χ0v) is 11.7. The zero-order valence-electron chi connectivity index (χ0n) is 11.7. The molecule has 0 saturated heterocycles. The molecule has 0 heterocycles. The summed E-state index contributed by atoms with van der Waals surface area (Å²) in [6.07, 6.45) is 5.63. The fourth-order valence-corrected chi connectivity index (χ4v) is 2.48. The van der Waals surface area contributed by atoms with E-state index in [9.17, 15) is 14.9 Å². The summed E-state index contributed by atoms with van der Waals surface area (Å²) in [4.78, 5) is 22.5. The Hall–Kier alpha value is -1.17. The van der Waals surface area contributed by atoms with Crippen LogP contribution < -0.4 is 5.32 Å². The van der Waals surface area contributed by atoms with Crippen LogP contribution in [0.1, 0.15) is 52.4 Å². The number of amides is 1. The van der Waals surface area contributed by atoms with Gasteiger partial charge in [0, 0.05) is 11.3 Å². The van der Waals surface area contributed by atoms with Crippen LogP contribution in [0.25, 0.3) is 0 Å². The number of carbonyl (C=O) groups excluding carboxylic acids is 1. The van der Waals surface area contributed by atoms with Crippen molar-refractivity contribution in [1.82, 2.24) is 5.32 Å². The summed E-state index contributed by atoms with van der Waals surface area (Å²) < 4.78 is 0. The highest BCUT2D eigenvalue weighted by molar-refractivity contribution is 5.81. The van der Waals surface area contributed by atoms with E-state index >= 15 is 0 Å². The fourth-order valence-electron chi connectivity index (χ4n) is 2.48. The molecule has 19 heavy (non-hydrogen) atoms. The molecular formula is C13H24N2O4. The van der Waals surface area contributed by atoms with Crippen molar-refractivity contribution in [3.05, 3.63) is 10.1 Å². The van der Waals surface area contributed by atoms with Gasteiger partial charge in [-0.25, -0.2) is 0 Å². The summed E-state index contributed by atoms with van der Waals surface area (Å²) in [7, 11) is 0. The summed E-state index contributed by atoms with van der Waals surface area (Å²) >= 11 is 0. The zero-order chi connectivity index (χ0) is 14.5. The minimum atomic E-state index is -1.20. The van der Waals surface area contributed by atoms with Gasteiger partial charge in [0.15, 0.2) is 0 Å². The molecule has 1 aliphatic carbocycles. The summed E-state index contributed by atoms with van der Waals surface area (Å²) in [6.45, 7) is 3.04. The van der Waals surface area contributed by atoms with Crippen LogP contribution in [0.15, 0.2) is 0 Å². The molecule has 0 aromatic heterocycles. The average Bonchev–Trinajstić information content (AvgIpc) is 2.36. The van der Waals surface area contributed by atoms with Crippen LogP contribution in [0.4, 0.5) is 0 Å². The first-order valence-electron chi connectivity index (χ1n) is 6.92. The Labute approximate surface area is 113 Å². The predicted molar refractivity (Wildman–Crippen MR) is 71.3 cm³/mol. The highest BCUT2D eigenvalue weighted by atomic mass is 16.6. The first-order chi connectivity index (χ1) is 8.85. The predicted octanol–water partition coefficient (Wildman–Crippen LogP) is 1.49. The maximum atomic E-state index is 12.0. The highest BCUT2D eigenvalue weighted by Crippen LogP contribution is 2.28. The molecule has 0 bridgehead atoms. The Balaban J connectivity index is 2.60. The minimum Gasteiger partial charge on any atom is -0.394 e. The lowest BCUT2D eigenvalue weighted by Crippen LogP contribution is -2.52. The van der Waals surface area contributed by atoms with E-state index in [4.69, 9.17) is 5.11 Å². The lowest BCUT2D eigenvalue weighted by atomic mass is 9.84. The first-order valence-corrected chi connectivity index (χ1v) is 6.92. The molecule has 1 fully saturated rings. The van der Waals surface area contributed by atoms with Crippen molar-refractivity contribution < 1.29 is 14.8 Å². The number of aliphatic hydroxyl groups excluding tert-OH is 1. The van der Waals surface area contributed by atoms with Crippen LogP contribution in [0.5, 0.6) is 0 Å². The van der Waals surface area contributed by atoms with Crippen molar-refractivity contribution in [1.29, 1.82) is 0 Å². The maximum absolute atomic E-state index is 12.0. The van der Waals surface area contributed by atoms with Gasteiger partial charge in [-0.1, -0.05) is 32.1 Å².